The fourth-order valence-electron chi connectivity index (χ4n) is 3.56. The number of Topliss-reactive ketones (excluding diaryl/α,β-unsaturated/α-hetero) is 1. The molecule has 2 aromatic rings. The number of hydrogen-bond acceptors (Lipinski definition) is 5. The number of nitrogens with one attached hydrogen (secondary N) is 1. The molecule has 1 aromatic carbocycles. The van der Waals surface area contributed by atoms with Crippen LogP contribution in [0.1, 0.15) is 34.8 Å². The first-order chi connectivity index (χ1) is 13.8. The lowest BCUT2D eigenvalue weighted by Crippen LogP contribution is -2.25. The van der Waals surface area contributed by atoms with Gasteiger partial charge in [0.05, 0.1) is 17.7 Å². The molecule has 29 heavy (non-hydrogen) atoms. The third-order valence-corrected chi connectivity index (χ3v) is 5.28. The van der Waals surface area contributed by atoms with Crippen molar-refractivity contribution in [2.45, 2.75) is 25.6 Å². The van der Waals surface area contributed by atoms with Crippen molar-refractivity contribution in [3.05, 3.63) is 47.2 Å². The molecule has 152 valence electrons. The second-order valence-corrected chi connectivity index (χ2v) is 7.31. The lowest BCUT2D eigenvalue weighted by atomic mass is 9.91. The third kappa shape index (κ3) is 3.89. The number of nitrogens with zero attached hydrogens (tertiary/aromatic N) is 2. The lowest BCUT2D eigenvalue weighted by Gasteiger charge is -2.21. The van der Waals surface area contributed by atoms with Crippen molar-refractivity contribution < 1.29 is 22.7 Å². The summed E-state index contributed by atoms with van der Waals surface area (Å²) in [4.78, 5) is 21.5. The van der Waals surface area contributed by atoms with Gasteiger partial charge in [0.15, 0.2) is 5.78 Å². The highest BCUT2D eigenvalue weighted by molar-refractivity contribution is 6.15. The van der Waals surface area contributed by atoms with Crippen molar-refractivity contribution in [1.29, 1.82) is 0 Å². The van der Waals surface area contributed by atoms with E-state index in [1.165, 1.54) is 12.1 Å². The molecule has 2 aliphatic rings. The molecule has 0 saturated carbocycles. The molecule has 0 bridgehead atoms. The summed E-state index contributed by atoms with van der Waals surface area (Å²) in [6.07, 6.45) is -0.268. The molecule has 0 amide bonds. The van der Waals surface area contributed by atoms with Gasteiger partial charge in [-0.2, -0.15) is 13.2 Å². The molecule has 0 radical (unpaired) electrons. The summed E-state index contributed by atoms with van der Waals surface area (Å²) < 4.78 is 44.0. The molecule has 1 aromatic heterocycles. The fourth-order valence-corrected chi connectivity index (χ4v) is 3.56. The minimum absolute atomic E-state index is 0.158. The summed E-state index contributed by atoms with van der Waals surface area (Å²) in [7, 11) is 0. The Kier molecular flexibility index (Phi) is 5.12. The standard InChI is InChI=1S/C21H20F3N3O2/c1-12-19(28)18-17(10-25-12)16(14-2-4-15(5-3-14)21(22,23)24)9-27-20(18)26-8-13-6-7-29-11-13/h2-5,9-10,12-13H,6-8,11H2,1H3,(H,26,27)/t12-,13?/m1/s1. The number of anilines is 1. The Bertz CT molecular complexity index is 949. The number of ether oxygens (including phenoxy) is 1. The average molecular weight is 403 g/mol. The number of alkyl halides is 3. The maximum Gasteiger partial charge on any atom is 0.416 e. The zero-order valence-electron chi connectivity index (χ0n) is 15.8. The molecule has 8 heteroatoms. The first-order valence-corrected chi connectivity index (χ1v) is 9.44. The highest BCUT2D eigenvalue weighted by Gasteiger charge is 2.31. The number of aromatic nitrogens is 1. The number of benzene rings is 1. The molecule has 1 fully saturated rings. The fraction of sp³-hybridized carbons (Fsp3) is 0.381. The Hall–Kier alpha value is -2.74. The van der Waals surface area contributed by atoms with Crippen molar-refractivity contribution in [1.82, 2.24) is 4.98 Å². The molecule has 3 heterocycles. The Morgan fingerprint density at radius 2 is 2.00 bits per heavy atom. The van der Waals surface area contributed by atoms with E-state index in [-0.39, 0.29) is 5.78 Å². The minimum atomic E-state index is -4.40. The second kappa shape index (κ2) is 7.59. The SMILES string of the molecule is C[C@H]1N=Cc2c(-c3ccc(C(F)(F)F)cc3)cnc(NCC3CCOC3)c2C1=O. The van der Waals surface area contributed by atoms with Crippen molar-refractivity contribution in [3.63, 3.8) is 0 Å². The van der Waals surface area contributed by atoms with Gasteiger partial charge in [-0.3, -0.25) is 9.79 Å². The number of fused-ring (bicyclic) bond motifs is 1. The van der Waals surface area contributed by atoms with E-state index in [4.69, 9.17) is 4.74 Å². The van der Waals surface area contributed by atoms with E-state index in [0.29, 0.717) is 47.1 Å². The Labute approximate surface area is 166 Å². The van der Waals surface area contributed by atoms with Gasteiger partial charge in [0, 0.05) is 42.6 Å². The van der Waals surface area contributed by atoms with Crippen molar-refractivity contribution in [3.8, 4) is 11.1 Å². The van der Waals surface area contributed by atoms with Gasteiger partial charge in [-0.1, -0.05) is 12.1 Å². The topological polar surface area (TPSA) is 63.6 Å². The third-order valence-electron chi connectivity index (χ3n) is 5.28. The summed E-state index contributed by atoms with van der Waals surface area (Å²) >= 11 is 0. The molecular formula is C21H20F3N3O2. The van der Waals surface area contributed by atoms with Crippen LogP contribution in [0, 0.1) is 5.92 Å². The maximum absolute atomic E-state index is 12.9. The molecule has 2 atom stereocenters. The maximum atomic E-state index is 12.9. The zero-order valence-corrected chi connectivity index (χ0v) is 15.8. The average Bonchev–Trinajstić information content (AvgIpc) is 3.22. The van der Waals surface area contributed by atoms with E-state index < -0.39 is 17.8 Å². The normalized spacial score (nSPS) is 21.3. The predicted molar refractivity (Wildman–Crippen MR) is 103 cm³/mol. The monoisotopic (exact) mass is 403 g/mol. The van der Waals surface area contributed by atoms with Gasteiger partial charge in [-0.15, -0.1) is 0 Å². The number of rotatable bonds is 4. The van der Waals surface area contributed by atoms with E-state index in [0.717, 1.165) is 25.2 Å². The predicted octanol–water partition coefficient (Wildman–Crippen LogP) is 4.22. The van der Waals surface area contributed by atoms with E-state index in [1.807, 2.05) is 0 Å². The Balaban J connectivity index is 1.71. The zero-order chi connectivity index (χ0) is 20.6. The number of hydrogen-bond donors (Lipinski definition) is 1. The van der Waals surface area contributed by atoms with Crippen LogP contribution >= 0.6 is 0 Å². The highest BCUT2D eigenvalue weighted by Crippen LogP contribution is 2.34. The Morgan fingerprint density at radius 1 is 1.24 bits per heavy atom. The molecule has 2 aliphatic heterocycles. The van der Waals surface area contributed by atoms with Crippen LogP contribution in [0.4, 0.5) is 19.0 Å². The number of pyridine rings is 1. The highest BCUT2D eigenvalue weighted by atomic mass is 19.4. The van der Waals surface area contributed by atoms with Gasteiger partial charge < -0.3 is 10.1 Å². The summed E-state index contributed by atoms with van der Waals surface area (Å²) in [5.41, 5.74) is 1.41. The molecule has 1 unspecified atom stereocenters. The van der Waals surface area contributed by atoms with Gasteiger partial charge in [0.2, 0.25) is 0 Å². The van der Waals surface area contributed by atoms with Crippen LogP contribution in [0.2, 0.25) is 0 Å². The largest absolute Gasteiger partial charge is 0.416 e. The molecule has 4 rings (SSSR count). The smallest absolute Gasteiger partial charge is 0.381 e. The van der Waals surface area contributed by atoms with E-state index in [9.17, 15) is 18.0 Å². The quantitative estimate of drug-likeness (QED) is 0.830. The van der Waals surface area contributed by atoms with Gasteiger partial charge in [0.1, 0.15) is 11.9 Å². The summed E-state index contributed by atoms with van der Waals surface area (Å²) in [5.74, 6) is 0.673. The van der Waals surface area contributed by atoms with Crippen LogP contribution < -0.4 is 5.32 Å². The molecule has 0 spiro atoms. The number of carbonyl (C=O) groups is 1. The molecule has 1 saturated heterocycles. The van der Waals surface area contributed by atoms with Crippen LogP contribution in [0.3, 0.4) is 0 Å². The first kappa shape index (κ1) is 19.6. The minimum Gasteiger partial charge on any atom is -0.381 e. The lowest BCUT2D eigenvalue weighted by molar-refractivity contribution is -0.137. The Morgan fingerprint density at radius 3 is 2.66 bits per heavy atom. The number of halogens is 3. The molecular weight excluding hydrogens is 383 g/mol. The van der Waals surface area contributed by atoms with Crippen LogP contribution in [0.25, 0.3) is 11.1 Å². The number of ketones is 1. The van der Waals surface area contributed by atoms with Gasteiger partial charge >= 0.3 is 6.18 Å². The second-order valence-electron chi connectivity index (χ2n) is 7.31. The van der Waals surface area contributed by atoms with Crippen LogP contribution in [-0.2, 0) is 10.9 Å². The molecule has 0 aliphatic carbocycles. The summed E-state index contributed by atoms with van der Waals surface area (Å²) in [5, 5.41) is 3.25. The van der Waals surface area contributed by atoms with Crippen molar-refractivity contribution >= 4 is 17.8 Å². The molecule has 1 N–H and O–H groups in total. The van der Waals surface area contributed by atoms with Gasteiger partial charge in [0.25, 0.3) is 0 Å². The summed E-state index contributed by atoms with van der Waals surface area (Å²) in [6, 6.07) is 4.30. The number of aliphatic imine (C=N–C) groups is 1. The van der Waals surface area contributed by atoms with Gasteiger partial charge in [-0.05, 0) is 31.0 Å². The van der Waals surface area contributed by atoms with Crippen LogP contribution in [0.15, 0.2) is 35.5 Å². The van der Waals surface area contributed by atoms with E-state index in [2.05, 4.69) is 15.3 Å². The van der Waals surface area contributed by atoms with Crippen LogP contribution in [0.5, 0.6) is 0 Å². The first-order valence-electron chi connectivity index (χ1n) is 9.44. The van der Waals surface area contributed by atoms with E-state index >= 15 is 0 Å². The van der Waals surface area contributed by atoms with Crippen LogP contribution in [-0.4, -0.2) is 42.8 Å². The molecule has 5 nitrogen and oxygen atoms in total. The van der Waals surface area contributed by atoms with Crippen molar-refractivity contribution in [2.75, 3.05) is 25.1 Å². The number of carbonyl (C=O) groups excluding carboxylic acids is 1. The summed E-state index contributed by atoms with van der Waals surface area (Å²) in [6.45, 7) is 3.75. The van der Waals surface area contributed by atoms with Crippen molar-refractivity contribution in [2.24, 2.45) is 10.9 Å². The van der Waals surface area contributed by atoms with E-state index in [1.54, 1.807) is 19.3 Å². The van der Waals surface area contributed by atoms with Gasteiger partial charge in [-0.25, -0.2) is 4.98 Å².